The van der Waals surface area contributed by atoms with E-state index < -0.39 is 6.10 Å². The van der Waals surface area contributed by atoms with Gasteiger partial charge in [-0.1, -0.05) is 24.3 Å². The Morgan fingerprint density at radius 1 is 1.09 bits per heavy atom. The van der Waals surface area contributed by atoms with Crippen LogP contribution in [0.3, 0.4) is 0 Å². The van der Waals surface area contributed by atoms with E-state index in [9.17, 15) is 9.59 Å². The molecular formula is C25H29N5O5. The number of ether oxygens (including phenoxy) is 3. The van der Waals surface area contributed by atoms with Crippen molar-refractivity contribution in [3.05, 3.63) is 53.5 Å². The highest BCUT2D eigenvalue weighted by Gasteiger charge is 2.29. The van der Waals surface area contributed by atoms with E-state index >= 15 is 0 Å². The van der Waals surface area contributed by atoms with Crippen molar-refractivity contribution in [2.24, 2.45) is 0 Å². The molecule has 0 unspecified atom stereocenters. The Morgan fingerprint density at radius 3 is 2.74 bits per heavy atom. The van der Waals surface area contributed by atoms with Crippen LogP contribution in [-0.2, 0) is 19.0 Å². The number of nitrogens with zero attached hydrogens (tertiary/aromatic N) is 2. The molecule has 0 saturated carbocycles. The first-order valence-electron chi connectivity index (χ1n) is 11.9. The van der Waals surface area contributed by atoms with Gasteiger partial charge >= 0.3 is 0 Å². The van der Waals surface area contributed by atoms with Gasteiger partial charge in [0.1, 0.15) is 23.9 Å². The Bertz CT molecular complexity index is 1200. The minimum Gasteiger partial charge on any atom is -0.376 e. The molecule has 10 heteroatoms. The number of anilines is 1. The average molecular weight is 480 g/mol. The lowest BCUT2D eigenvalue weighted by Crippen LogP contribution is -2.47. The van der Waals surface area contributed by atoms with Crippen LogP contribution in [0.5, 0.6) is 0 Å². The first-order chi connectivity index (χ1) is 17.1. The smallest absolute Gasteiger partial charge is 0.249 e. The molecule has 2 aromatic heterocycles. The molecule has 1 aromatic carbocycles. The minimum atomic E-state index is -0.506. The Kier molecular flexibility index (Phi) is 7.03. The van der Waals surface area contributed by atoms with Crippen molar-refractivity contribution in [1.82, 2.24) is 20.3 Å². The minimum absolute atomic E-state index is 0.0523. The van der Waals surface area contributed by atoms with E-state index in [1.807, 2.05) is 31.2 Å². The van der Waals surface area contributed by atoms with Crippen molar-refractivity contribution in [2.45, 2.75) is 38.0 Å². The van der Waals surface area contributed by atoms with Crippen LogP contribution in [0, 0.1) is 6.92 Å². The largest absolute Gasteiger partial charge is 0.376 e. The molecule has 3 N–H and O–H groups in total. The quantitative estimate of drug-likeness (QED) is 0.439. The zero-order valence-electron chi connectivity index (χ0n) is 19.6. The Labute approximate surface area is 202 Å². The fraction of sp³-hybridized carbons (Fsp3) is 0.440. The number of carbonyl (C=O) groups is 2. The molecule has 35 heavy (non-hydrogen) atoms. The number of benzene rings is 1. The molecule has 0 aliphatic carbocycles. The Hall–Kier alpha value is -3.34. The molecule has 0 spiro atoms. The summed E-state index contributed by atoms with van der Waals surface area (Å²) in [6.45, 7) is 4.29. The summed E-state index contributed by atoms with van der Waals surface area (Å²) in [7, 11) is 0. The number of aromatic nitrogens is 3. The maximum Gasteiger partial charge on any atom is 0.249 e. The van der Waals surface area contributed by atoms with Crippen LogP contribution in [0.4, 0.5) is 5.82 Å². The summed E-state index contributed by atoms with van der Waals surface area (Å²) < 4.78 is 16.8. The average Bonchev–Trinajstić information content (AvgIpc) is 3.33. The van der Waals surface area contributed by atoms with E-state index in [4.69, 9.17) is 14.2 Å². The molecule has 4 heterocycles. The lowest BCUT2D eigenvalue weighted by molar-refractivity contribution is -0.138. The van der Waals surface area contributed by atoms with E-state index in [2.05, 4.69) is 25.6 Å². The monoisotopic (exact) mass is 479 g/mol. The SMILES string of the molecule is Cc1ccccc1C(=O)c1c[nH]c2ncnc(N[C@@H]3CC[C@@H](C(=O)NC[C@H]4COCCO4)OC3)c12. The molecule has 2 aliphatic rings. The summed E-state index contributed by atoms with van der Waals surface area (Å²) in [5.41, 5.74) is 2.65. The van der Waals surface area contributed by atoms with Gasteiger partial charge in [0.15, 0.2) is 5.78 Å². The molecule has 0 radical (unpaired) electrons. The van der Waals surface area contributed by atoms with Gasteiger partial charge < -0.3 is 29.8 Å². The van der Waals surface area contributed by atoms with E-state index in [0.717, 1.165) is 12.0 Å². The van der Waals surface area contributed by atoms with Crippen LogP contribution in [0.25, 0.3) is 11.0 Å². The predicted octanol–water partition coefficient (Wildman–Crippen LogP) is 1.99. The second-order valence-electron chi connectivity index (χ2n) is 8.85. The number of amides is 1. The number of aryl methyl sites for hydroxylation is 1. The molecule has 3 atom stereocenters. The van der Waals surface area contributed by atoms with Crippen LogP contribution in [0.15, 0.2) is 36.8 Å². The van der Waals surface area contributed by atoms with Gasteiger partial charge in [0.25, 0.3) is 0 Å². The van der Waals surface area contributed by atoms with Crippen LogP contribution in [-0.4, -0.2) is 77.9 Å². The summed E-state index contributed by atoms with van der Waals surface area (Å²) in [5, 5.41) is 6.94. The van der Waals surface area contributed by atoms with Crippen molar-refractivity contribution < 1.29 is 23.8 Å². The normalized spacial score (nSPS) is 22.6. The van der Waals surface area contributed by atoms with E-state index in [0.29, 0.717) is 67.4 Å². The molecule has 2 fully saturated rings. The second kappa shape index (κ2) is 10.5. The topological polar surface area (TPSA) is 127 Å². The van der Waals surface area contributed by atoms with Gasteiger partial charge in [-0.3, -0.25) is 9.59 Å². The molecule has 3 aromatic rings. The third kappa shape index (κ3) is 5.19. The van der Waals surface area contributed by atoms with Crippen LogP contribution in [0.2, 0.25) is 0 Å². The van der Waals surface area contributed by atoms with Gasteiger partial charge in [-0.2, -0.15) is 0 Å². The van der Waals surface area contributed by atoms with E-state index in [-0.39, 0.29) is 23.8 Å². The highest BCUT2D eigenvalue weighted by Crippen LogP contribution is 2.28. The second-order valence-corrected chi connectivity index (χ2v) is 8.85. The van der Waals surface area contributed by atoms with E-state index in [1.165, 1.54) is 6.33 Å². The number of H-pyrrole nitrogens is 1. The van der Waals surface area contributed by atoms with Gasteiger partial charge in [-0.15, -0.1) is 0 Å². The van der Waals surface area contributed by atoms with Gasteiger partial charge in [-0.25, -0.2) is 9.97 Å². The summed E-state index contributed by atoms with van der Waals surface area (Å²) >= 11 is 0. The van der Waals surface area contributed by atoms with Gasteiger partial charge in [0.2, 0.25) is 5.91 Å². The van der Waals surface area contributed by atoms with E-state index in [1.54, 1.807) is 6.20 Å². The lowest BCUT2D eigenvalue weighted by Gasteiger charge is -2.30. The third-order valence-corrected chi connectivity index (χ3v) is 6.40. The summed E-state index contributed by atoms with van der Waals surface area (Å²) in [4.78, 5) is 37.6. The highest BCUT2D eigenvalue weighted by molar-refractivity contribution is 6.18. The Balaban J connectivity index is 1.23. The number of hydrogen-bond donors (Lipinski definition) is 3. The number of hydrogen-bond acceptors (Lipinski definition) is 8. The molecule has 184 valence electrons. The number of carbonyl (C=O) groups excluding carboxylic acids is 2. The van der Waals surface area contributed by atoms with Crippen molar-refractivity contribution >= 4 is 28.5 Å². The van der Waals surface area contributed by atoms with Crippen LogP contribution >= 0.6 is 0 Å². The molecular weight excluding hydrogens is 450 g/mol. The number of nitrogens with one attached hydrogen (secondary N) is 3. The number of aromatic amines is 1. The molecule has 5 rings (SSSR count). The van der Waals surface area contributed by atoms with Gasteiger partial charge in [-0.05, 0) is 25.3 Å². The highest BCUT2D eigenvalue weighted by atomic mass is 16.6. The Morgan fingerprint density at radius 2 is 1.97 bits per heavy atom. The zero-order valence-corrected chi connectivity index (χ0v) is 19.6. The van der Waals surface area contributed by atoms with Crippen molar-refractivity contribution in [2.75, 3.05) is 38.3 Å². The molecule has 2 aliphatic heterocycles. The molecule has 1 amide bonds. The standard InChI is InChI=1S/C25H29N5O5/c1-15-4-2-3-5-18(15)22(31)19-11-26-23-21(19)24(29-14-28-23)30-16-6-7-20(35-12-16)25(32)27-10-17-13-33-8-9-34-17/h2-5,11,14,16-17,20H,6-10,12-13H2,1H3,(H,27,32)(H2,26,28,29,30)/t16-,17+,20+/m1/s1. The predicted molar refractivity (Wildman–Crippen MR) is 128 cm³/mol. The third-order valence-electron chi connectivity index (χ3n) is 6.40. The first kappa shape index (κ1) is 23.4. The number of fused-ring (bicyclic) bond motifs is 1. The molecule has 0 bridgehead atoms. The molecule has 10 nitrogen and oxygen atoms in total. The summed E-state index contributed by atoms with van der Waals surface area (Å²) in [5.74, 6) is 0.342. The van der Waals surface area contributed by atoms with Crippen molar-refractivity contribution in [1.29, 1.82) is 0 Å². The fourth-order valence-corrected chi connectivity index (χ4v) is 4.47. The first-order valence-corrected chi connectivity index (χ1v) is 11.9. The fourth-order valence-electron chi connectivity index (χ4n) is 4.47. The number of ketones is 1. The lowest BCUT2D eigenvalue weighted by atomic mass is 9.99. The zero-order chi connectivity index (χ0) is 24.2. The summed E-state index contributed by atoms with van der Waals surface area (Å²) in [6, 6.07) is 7.45. The summed E-state index contributed by atoms with van der Waals surface area (Å²) in [6.07, 6.45) is 3.80. The van der Waals surface area contributed by atoms with Crippen molar-refractivity contribution in [3.8, 4) is 0 Å². The van der Waals surface area contributed by atoms with Crippen molar-refractivity contribution in [3.63, 3.8) is 0 Å². The van der Waals surface area contributed by atoms with Gasteiger partial charge in [0, 0.05) is 18.3 Å². The maximum absolute atomic E-state index is 13.3. The van der Waals surface area contributed by atoms with Crippen LogP contribution < -0.4 is 10.6 Å². The van der Waals surface area contributed by atoms with Gasteiger partial charge in [0.05, 0.1) is 49.5 Å². The van der Waals surface area contributed by atoms with Crippen LogP contribution in [0.1, 0.15) is 34.3 Å². The maximum atomic E-state index is 13.3. The molecule has 2 saturated heterocycles. The number of rotatable bonds is 7.